The molecule has 4 heterocycles. The largest absolute Gasteiger partial charge is 0.494 e. The van der Waals surface area contributed by atoms with E-state index < -0.39 is 238 Å². The Labute approximate surface area is 650 Å². The second kappa shape index (κ2) is 40.7. The summed E-state index contributed by atoms with van der Waals surface area (Å²) in [7, 11) is 2.46. The fraction of sp³-hybridized carbons (Fsp3) is 0.529. The van der Waals surface area contributed by atoms with Gasteiger partial charge in [-0.3, -0.25) is 33.8 Å². The fourth-order valence-corrected chi connectivity index (χ4v) is 13.6. The van der Waals surface area contributed by atoms with Crippen molar-refractivity contribution in [3.8, 4) is 11.5 Å². The number of benzene rings is 3. The van der Waals surface area contributed by atoms with Crippen LogP contribution in [-0.4, -0.2) is 314 Å². The Morgan fingerprint density at radius 2 is 1.29 bits per heavy atom. The van der Waals surface area contributed by atoms with Gasteiger partial charge in [0.2, 0.25) is 23.6 Å². The number of ether oxygens (including phenoxy) is 11. The Kier molecular flexibility index (Phi) is 32.2. The number of carbonyl (C=O) groups is 9. The number of carboxylic acid groups (broad SMARTS) is 3. The van der Waals surface area contributed by atoms with Crippen LogP contribution in [-0.2, 0) is 66.6 Å². The lowest BCUT2D eigenvalue weighted by molar-refractivity contribution is -0.378. The Balaban J connectivity index is 0.981. The Morgan fingerprint density at radius 1 is 0.690 bits per heavy atom. The van der Waals surface area contributed by atoms with Crippen molar-refractivity contribution in [1.29, 1.82) is 0 Å². The molecule has 113 heavy (non-hydrogen) atoms. The molecule has 620 valence electrons. The standard InChI is InChI=1S/C70H87Cl2N7O34/c1-29-50(88)53(91)54(92)66(107-29)111-57-40(77-62(94)41-23-46(85)79-69(102)78-41)21-34(22-44(57)108-67-60(110-65(99)31-9-6-5-7-10-31)59(52(90)45(26-81)109-67)113-70(68(100)101)24-42(83)49(76-30(2)82)58(112-70)51(89)43(84)25-80)61(93)75-14-13-74-48(87)28-106-16-15-105-27-47(86)73-12-8-11-35(32-17-36(63(95)96)55(103-3)38(71)19-32)33-18-37(64(97)98)56(104-4)39(72)20-33/h5-7,9-11,17-20,23,29,34,40,42-45,49-54,57-60,66-67,80-81,83-84,88-92H,8,12-16,21-22,24-28H2,1-4H3,(H,73,86)(H,74,87)(H,75,93)(H,76,82)(H,77,94)(H,95,96)(H,97,98)(H,100,101)(H2,78,79,85,102)/t29?,34?,40?,42?,43-,44?,45?,49?,50?,51-,52?,53?,54?,57?,58?,59?,60?,66?,67?,70?/m1/s1. The van der Waals surface area contributed by atoms with E-state index in [1.165, 1.54) is 75.7 Å². The topological polar surface area (TPSA) is 624 Å². The van der Waals surface area contributed by atoms with Gasteiger partial charge in [0.05, 0.1) is 86.7 Å². The maximum atomic E-state index is 14.6. The second-order valence-electron chi connectivity index (χ2n) is 26.3. The third-order valence-electron chi connectivity index (χ3n) is 18.5. The Morgan fingerprint density at radius 3 is 1.85 bits per heavy atom. The molecule has 4 aliphatic rings. The van der Waals surface area contributed by atoms with Gasteiger partial charge in [0.15, 0.2) is 30.2 Å². The smallest absolute Gasteiger partial charge is 0.364 e. The number of aromatic amines is 2. The molecular weight excluding hydrogens is 1550 g/mol. The molecule has 20 atom stereocenters. The molecule has 0 radical (unpaired) electrons. The first-order chi connectivity index (χ1) is 53.6. The van der Waals surface area contributed by atoms with E-state index in [1.807, 2.05) is 4.98 Å². The Bertz CT molecular complexity index is 4090. The minimum atomic E-state index is -3.33. The van der Waals surface area contributed by atoms with Gasteiger partial charge in [0.25, 0.3) is 17.3 Å². The van der Waals surface area contributed by atoms with E-state index in [0.29, 0.717) is 6.07 Å². The normalized spacial score (nSPS) is 27.4. The molecule has 1 aromatic heterocycles. The lowest BCUT2D eigenvalue weighted by Crippen LogP contribution is -2.71. The van der Waals surface area contributed by atoms with Crippen molar-refractivity contribution in [2.75, 3.05) is 73.5 Å². The molecule has 1 saturated carbocycles. The van der Waals surface area contributed by atoms with Crippen LogP contribution < -0.4 is 47.3 Å². The summed E-state index contributed by atoms with van der Waals surface area (Å²) in [5.41, 5.74) is -2.98. The fourth-order valence-electron chi connectivity index (χ4n) is 13.0. The number of H-pyrrole nitrogens is 2. The molecular formula is C70H87Cl2N7O34. The minimum absolute atomic E-state index is 0.0161. The van der Waals surface area contributed by atoms with Gasteiger partial charge in [-0.2, -0.15) is 0 Å². The van der Waals surface area contributed by atoms with Crippen molar-refractivity contribution >= 4 is 82.2 Å². The van der Waals surface area contributed by atoms with Gasteiger partial charge in [-0.25, -0.2) is 24.0 Å². The number of aromatic nitrogens is 2. The van der Waals surface area contributed by atoms with Gasteiger partial charge in [-0.15, -0.1) is 0 Å². The van der Waals surface area contributed by atoms with Gasteiger partial charge in [-0.05, 0) is 79.3 Å². The van der Waals surface area contributed by atoms with Crippen molar-refractivity contribution in [1.82, 2.24) is 36.6 Å². The zero-order chi connectivity index (χ0) is 82.9. The summed E-state index contributed by atoms with van der Waals surface area (Å²) in [5, 5.41) is 143. The summed E-state index contributed by atoms with van der Waals surface area (Å²) >= 11 is 12.9. The zero-order valence-corrected chi connectivity index (χ0v) is 62.1. The van der Waals surface area contributed by atoms with Gasteiger partial charge < -0.3 is 145 Å². The number of hydrogen-bond donors (Lipinski definition) is 19. The number of nitrogens with one attached hydrogen (secondary N) is 7. The molecule has 3 aliphatic heterocycles. The lowest BCUT2D eigenvalue weighted by atomic mass is 9.80. The van der Waals surface area contributed by atoms with E-state index in [2.05, 4.69) is 31.6 Å². The van der Waals surface area contributed by atoms with Crippen molar-refractivity contribution < 1.29 is 157 Å². The predicted octanol–water partition coefficient (Wildman–Crippen LogP) is -4.37. The van der Waals surface area contributed by atoms with Crippen molar-refractivity contribution in [2.24, 2.45) is 5.92 Å². The molecule has 41 nitrogen and oxygen atoms in total. The van der Waals surface area contributed by atoms with Crippen LogP contribution in [0.5, 0.6) is 11.5 Å². The molecule has 3 aromatic carbocycles. The van der Waals surface area contributed by atoms with E-state index in [9.17, 15) is 114 Å². The average molecular weight is 1640 g/mol. The first kappa shape index (κ1) is 89.4. The highest BCUT2D eigenvalue weighted by molar-refractivity contribution is 6.33. The molecule has 18 unspecified atom stereocenters. The summed E-state index contributed by atoms with van der Waals surface area (Å²) in [4.78, 5) is 149. The molecule has 43 heteroatoms. The number of esters is 1. The number of halogens is 2. The number of carboxylic acids is 3. The Hall–Kier alpha value is -9.19. The molecule has 8 rings (SSSR count). The summed E-state index contributed by atoms with van der Waals surface area (Å²) in [6.45, 7) is -2.21. The lowest BCUT2D eigenvalue weighted by Gasteiger charge is -2.51. The van der Waals surface area contributed by atoms with E-state index >= 15 is 0 Å². The molecule has 1 aliphatic carbocycles. The summed E-state index contributed by atoms with van der Waals surface area (Å²) in [5.74, 6) is -15.4. The van der Waals surface area contributed by atoms with Crippen LogP contribution in [0.4, 0.5) is 0 Å². The quantitative estimate of drug-likeness (QED) is 0.0151. The number of aliphatic hydroxyl groups is 9. The predicted molar refractivity (Wildman–Crippen MR) is 381 cm³/mol. The van der Waals surface area contributed by atoms with Gasteiger partial charge in [0, 0.05) is 45.0 Å². The van der Waals surface area contributed by atoms with E-state index in [4.69, 9.17) is 75.3 Å². The highest BCUT2D eigenvalue weighted by Crippen LogP contribution is 2.43. The van der Waals surface area contributed by atoms with Crippen LogP contribution in [0.1, 0.15) is 92.2 Å². The number of aliphatic carboxylic acids is 1. The third kappa shape index (κ3) is 22.6. The average Bonchev–Trinajstić information content (AvgIpc) is 0.751. The van der Waals surface area contributed by atoms with Crippen LogP contribution in [0, 0.1) is 5.92 Å². The summed E-state index contributed by atoms with van der Waals surface area (Å²) < 4.78 is 64.0. The maximum Gasteiger partial charge on any atom is 0.364 e. The van der Waals surface area contributed by atoms with Crippen molar-refractivity contribution in [2.45, 2.75) is 155 Å². The van der Waals surface area contributed by atoms with Crippen LogP contribution in [0.15, 0.2) is 76.3 Å². The zero-order valence-electron chi connectivity index (χ0n) is 60.6. The number of carbonyl (C=O) groups excluding carboxylic acids is 6. The highest BCUT2D eigenvalue weighted by atomic mass is 35.5. The monoisotopic (exact) mass is 1640 g/mol. The first-order valence-corrected chi connectivity index (χ1v) is 35.7. The van der Waals surface area contributed by atoms with Gasteiger partial charge >= 0.3 is 29.6 Å². The maximum absolute atomic E-state index is 14.6. The minimum Gasteiger partial charge on any atom is -0.494 e. The number of amides is 5. The van der Waals surface area contributed by atoms with E-state index in [1.54, 1.807) is 6.08 Å². The third-order valence-corrected chi connectivity index (χ3v) is 19.0. The number of aliphatic hydroxyl groups excluding tert-OH is 9. The number of hydrogen-bond acceptors (Lipinski definition) is 31. The highest BCUT2D eigenvalue weighted by Gasteiger charge is 2.61. The van der Waals surface area contributed by atoms with E-state index in [-0.39, 0.29) is 94.2 Å². The van der Waals surface area contributed by atoms with Gasteiger partial charge in [0.1, 0.15) is 91.1 Å². The summed E-state index contributed by atoms with van der Waals surface area (Å²) in [6, 6.07) is 9.45. The molecule has 0 bridgehead atoms. The molecule has 0 spiro atoms. The van der Waals surface area contributed by atoms with Crippen LogP contribution in [0.25, 0.3) is 5.57 Å². The number of rotatable bonds is 36. The van der Waals surface area contributed by atoms with Crippen molar-refractivity contribution in [3.05, 3.63) is 131 Å². The molecule has 19 N–H and O–H groups in total. The number of methoxy groups -OCH3 is 2. The van der Waals surface area contributed by atoms with Crippen LogP contribution >= 0.6 is 23.2 Å². The van der Waals surface area contributed by atoms with Gasteiger partial charge in [-0.1, -0.05) is 47.5 Å². The molecule has 5 amide bonds. The molecule has 4 aromatic rings. The summed E-state index contributed by atoms with van der Waals surface area (Å²) in [6.07, 6.45) is -33.6. The first-order valence-electron chi connectivity index (χ1n) is 34.9. The van der Waals surface area contributed by atoms with Crippen LogP contribution in [0.2, 0.25) is 10.0 Å². The molecule has 3 saturated heterocycles. The van der Waals surface area contributed by atoms with Crippen LogP contribution in [0.3, 0.4) is 0 Å². The van der Waals surface area contributed by atoms with E-state index in [0.717, 1.165) is 6.92 Å². The second-order valence-corrected chi connectivity index (χ2v) is 27.1. The SMILES string of the molecule is COc1c(Cl)cc(C(=CCCNC(=O)COCCOCC(=O)NCCNC(=O)C2CC(NC(=O)c3cc(=O)[nH]c(=O)[nH]3)C(OC3OC(C)C(O)C(O)C3O)C(OC3OC(CO)C(O)C(OC4(C(=O)O)CC(O)C(NC(C)=O)C([C@H](O)[C@H](O)CO)O4)C3OC(=O)c3ccccc3)C2)c2cc(Cl)c(OC)c(C(=O)O)c2)cc1C(=O)O. The molecule has 4 fully saturated rings. The van der Waals surface area contributed by atoms with Crippen molar-refractivity contribution in [3.63, 3.8) is 0 Å². The number of aromatic carboxylic acids is 2.